The molecule has 0 spiro atoms. The fourth-order valence-corrected chi connectivity index (χ4v) is 3.17. The van der Waals surface area contributed by atoms with Crippen LogP contribution in [0, 0.1) is 12.3 Å². The van der Waals surface area contributed by atoms with Crippen LogP contribution in [-0.4, -0.2) is 0 Å². The van der Waals surface area contributed by atoms with Crippen molar-refractivity contribution >= 4 is 5.69 Å². The van der Waals surface area contributed by atoms with Crippen LogP contribution in [0.4, 0.5) is 5.69 Å². The second kappa shape index (κ2) is 3.03. The predicted octanol–water partition coefficient (Wildman–Crippen LogP) is 2.23. The maximum Gasteiger partial charge on any atom is 0.0385 e. The van der Waals surface area contributed by atoms with Crippen molar-refractivity contribution in [3.8, 4) is 12.3 Å². The van der Waals surface area contributed by atoms with Gasteiger partial charge >= 0.3 is 0 Å². The Labute approximate surface area is 90.7 Å². The third-order valence-corrected chi connectivity index (χ3v) is 3.83. The molecule has 0 bridgehead atoms. The SMILES string of the molecule is C#Cc1c2c(c(N)c3c1CCC3)CCC2. The molecule has 0 saturated heterocycles. The number of hydrogen-bond donors (Lipinski definition) is 1. The molecule has 0 heterocycles. The Morgan fingerprint density at radius 3 is 1.80 bits per heavy atom. The van der Waals surface area contributed by atoms with Crippen LogP contribution in [-0.2, 0) is 25.7 Å². The summed E-state index contributed by atoms with van der Waals surface area (Å²) in [6.07, 6.45) is 12.6. The highest BCUT2D eigenvalue weighted by atomic mass is 14.6. The second-order valence-electron chi connectivity index (χ2n) is 4.55. The van der Waals surface area contributed by atoms with Crippen LogP contribution in [0.25, 0.3) is 0 Å². The van der Waals surface area contributed by atoms with E-state index in [1.54, 1.807) is 0 Å². The number of nitrogen functional groups attached to an aromatic ring is 1. The highest BCUT2D eigenvalue weighted by Gasteiger charge is 2.26. The Hall–Kier alpha value is -1.42. The van der Waals surface area contributed by atoms with Gasteiger partial charge in [0.2, 0.25) is 0 Å². The van der Waals surface area contributed by atoms with E-state index in [1.165, 1.54) is 40.7 Å². The van der Waals surface area contributed by atoms with Gasteiger partial charge in [-0.1, -0.05) is 5.92 Å². The smallest absolute Gasteiger partial charge is 0.0385 e. The Balaban J connectivity index is 2.37. The van der Waals surface area contributed by atoms with Crippen LogP contribution in [0.3, 0.4) is 0 Å². The van der Waals surface area contributed by atoms with Crippen LogP contribution in [0.15, 0.2) is 0 Å². The van der Waals surface area contributed by atoms with Crippen molar-refractivity contribution in [2.45, 2.75) is 38.5 Å². The molecule has 0 radical (unpaired) electrons. The molecule has 1 aromatic rings. The van der Waals surface area contributed by atoms with Crippen molar-refractivity contribution in [2.24, 2.45) is 0 Å². The molecular weight excluding hydrogens is 182 g/mol. The number of anilines is 1. The molecule has 2 aliphatic carbocycles. The molecule has 0 saturated carbocycles. The molecular formula is C14H15N. The van der Waals surface area contributed by atoms with E-state index in [0.29, 0.717) is 0 Å². The van der Waals surface area contributed by atoms with E-state index in [9.17, 15) is 0 Å². The molecule has 0 aliphatic heterocycles. The molecule has 0 amide bonds. The lowest BCUT2D eigenvalue weighted by molar-refractivity contribution is 0.897. The Morgan fingerprint density at radius 1 is 0.867 bits per heavy atom. The van der Waals surface area contributed by atoms with Gasteiger partial charge in [-0.25, -0.2) is 0 Å². The van der Waals surface area contributed by atoms with Gasteiger partial charge in [0.1, 0.15) is 0 Å². The van der Waals surface area contributed by atoms with Gasteiger partial charge in [0, 0.05) is 11.3 Å². The monoisotopic (exact) mass is 197 g/mol. The highest BCUT2D eigenvalue weighted by molar-refractivity contribution is 5.69. The molecule has 2 N–H and O–H groups in total. The van der Waals surface area contributed by atoms with Crippen molar-refractivity contribution in [1.29, 1.82) is 0 Å². The molecule has 0 atom stereocenters. The standard InChI is InChI=1S/C14H15N/c1-2-9-10-5-3-7-12(10)14(15)13-8-4-6-11(9)13/h1H,3-8,15H2. The number of terminal acetylenes is 1. The van der Waals surface area contributed by atoms with Crippen LogP contribution in [0.5, 0.6) is 0 Å². The summed E-state index contributed by atoms with van der Waals surface area (Å²) in [5, 5.41) is 0. The number of rotatable bonds is 0. The zero-order valence-electron chi connectivity index (χ0n) is 8.90. The molecule has 3 rings (SSSR count). The normalized spacial score (nSPS) is 17.3. The van der Waals surface area contributed by atoms with E-state index in [2.05, 4.69) is 5.92 Å². The maximum atomic E-state index is 6.24. The van der Waals surface area contributed by atoms with E-state index < -0.39 is 0 Å². The van der Waals surface area contributed by atoms with Crippen LogP contribution in [0.2, 0.25) is 0 Å². The largest absolute Gasteiger partial charge is 0.398 e. The highest BCUT2D eigenvalue weighted by Crippen LogP contribution is 2.39. The van der Waals surface area contributed by atoms with Crippen molar-refractivity contribution < 1.29 is 0 Å². The summed E-state index contributed by atoms with van der Waals surface area (Å²) < 4.78 is 0. The molecule has 76 valence electrons. The number of hydrogen-bond acceptors (Lipinski definition) is 1. The number of fused-ring (bicyclic) bond motifs is 2. The number of benzene rings is 1. The third kappa shape index (κ3) is 1.05. The minimum absolute atomic E-state index is 1.06. The van der Waals surface area contributed by atoms with Gasteiger partial charge in [-0.15, -0.1) is 6.42 Å². The second-order valence-corrected chi connectivity index (χ2v) is 4.55. The summed E-state index contributed by atoms with van der Waals surface area (Å²) in [7, 11) is 0. The lowest BCUT2D eigenvalue weighted by atomic mass is 9.93. The average molecular weight is 197 g/mol. The Kier molecular flexibility index (Phi) is 1.79. The summed E-state index contributed by atoms with van der Waals surface area (Å²) in [5.74, 6) is 2.90. The minimum Gasteiger partial charge on any atom is -0.398 e. The first-order chi connectivity index (χ1) is 7.33. The van der Waals surface area contributed by atoms with Gasteiger partial charge in [0.15, 0.2) is 0 Å². The van der Waals surface area contributed by atoms with Crippen molar-refractivity contribution in [1.82, 2.24) is 0 Å². The van der Waals surface area contributed by atoms with Crippen LogP contribution in [0.1, 0.15) is 40.7 Å². The first-order valence-electron chi connectivity index (χ1n) is 5.74. The Morgan fingerprint density at radius 2 is 1.33 bits per heavy atom. The maximum absolute atomic E-state index is 6.24. The summed E-state index contributed by atoms with van der Waals surface area (Å²) in [6.45, 7) is 0. The predicted molar refractivity (Wildman–Crippen MR) is 62.8 cm³/mol. The summed E-state index contributed by atoms with van der Waals surface area (Å²) in [6, 6.07) is 0. The molecule has 2 aliphatic rings. The van der Waals surface area contributed by atoms with Gasteiger partial charge < -0.3 is 5.73 Å². The molecule has 15 heavy (non-hydrogen) atoms. The average Bonchev–Trinajstić information content (AvgIpc) is 2.85. The van der Waals surface area contributed by atoms with Crippen LogP contribution >= 0.6 is 0 Å². The quantitative estimate of drug-likeness (QED) is 0.501. The molecule has 0 unspecified atom stereocenters. The first kappa shape index (κ1) is 8.85. The molecule has 1 heteroatoms. The molecule has 0 aromatic heterocycles. The van der Waals surface area contributed by atoms with Crippen LogP contribution < -0.4 is 5.73 Å². The first-order valence-corrected chi connectivity index (χ1v) is 5.74. The Bertz CT molecular complexity index is 442. The fraction of sp³-hybridized carbons (Fsp3) is 0.429. The van der Waals surface area contributed by atoms with Crippen molar-refractivity contribution in [3.05, 3.63) is 27.8 Å². The molecule has 0 fully saturated rings. The van der Waals surface area contributed by atoms with Gasteiger partial charge in [-0.3, -0.25) is 0 Å². The topological polar surface area (TPSA) is 26.0 Å². The van der Waals surface area contributed by atoms with Gasteiger partial charge in [0.25, 0.3) is 0 Å². The van der Waals surface area contributed by atoms with Gasteiger partial charge in [-0.05, 0) is 60.8 Å². The zero-order chi connectivity index (χ0) is 10.4. The van der Waals surface area contributed by atoms with Gasteiger partial charge in [0.05, 0.1) is 0 Å². The van der Waals surface area contributed by atoms with Gasteiger partial charge in [-0.2, -0.15) is 0 Å². The zero-order valence-corrected chi connectivity index (χ0v) is 8.90. The minimum atomic E-state index is 1.06. The molecule has 1 aromatic carbocycles. The summed E-state index contributed by atoms with van der Waals surface area (Å²) >= 11 is 0. The third-order valence-electron chi connectivity index (χ3n) is 3.83. The van der Waals surface area contributed by atoms with E-state index in [-0.39, 0.29) is 0 Å². The lowest BCUT2D eigenvalue weighted by Crippen LogP contribution is -2.03. The molecule has 1 nitrogen and oxygen atoms in total. The van der Waals surface area contributed by atoms with E-state index >= 15 is 0 Å². The van der Waals surface area contributed by atoms with Crippen molar-refractivity contribution in [2.75, 3.05) is 5.73 Å². The van der Waals surface area contributed by atoms with E-state index in [0.717, 1.165) is 31.4 Å². The summed E-state index contributed by atoms with van der Waals surface area (Å²) in [4.78, 5) is 0. The fourth-order valence-electron chi connectivity index (χ4n) is 3.17. The number of nitrogens with two attached hydrogens (primary N) is 1. The summed E-state index contributed by atoms with van der Waals surface area (Å²) in [5.41, 5.74) is 14.0. The lowest BCUT2D eigenvalue weighted by Gasteiger charge is -2.14. The van der Waals surface area contributed by atoms with E-state index in [1.807, 2.05) is 0 Å². The van der Waals surface area contributed by atoms with E-state index in [4.69, 9.17) is 12.2 Å². The van der Waals surface area contributed by atoms with Crippen molar-refractivity contribution in [3.63, 3.8) is 0 Å².